The molecule has 0 aliphatic heterocycles. The van der Waals surface area contributed by atoms with Crippen molar-refractivity contribution in [2.45, 2.75) is 40.5 Å². The van der Waals surface area contributed by atoms with Crippen molar-refractivity contribution in [1.82, 2.24) is 0 Å². The zero-order valence-electron chi connectivity index (χ0n) is 8.72. The van der Waals surface area contributed by atoms with Gasteiger partial charge in [0.2, 0.25) is 0 Å². The molecule has 3 fully saturated rings. The summed E-state index contributed by atoms with van der Waals surface area (Å²) in [6.45, 7) is 9.99. The van der Waals surface area contributed by atoms with E-state index in [0.717, 1.165) is 29.1 Å². The summed E-state index contributed by atoms with van der Waals surface area (Å²) in [5, 5.41) is 0. The van der Waals surface area contributed by atoms with Crippen LogP contribution in [0, 0.1) is 34.5 Å². The average Bonchev–Trinajstić information content (AvgIpc) is 2.37. The molecule has 0 amide bonds. The second kappa shape index (κ2) is 1.63. The smallest absolute Gasteiger partial charge is 0.0258 e. The molecule has 3 aliphatic rings. The Hall–Kier alpha value is 0. The minimum Gasteiger partial charge on any atom is -0.0622 e. The van der Waals surface area contributed by atoms with E-state index in [1.54, 1.807) is 6.42 Å². The number of hydrogen-bond donors (Lipinski definition) is 0. The SMILES string of the molecule is CC1CC(C)(C)C2C3CC3(C)C12. The van der Waals surface area contributed by atoms with Crippen LogP contribution in [0.4, 0.5) is 0 Å². The van der Waals surface area contributed by atoms with Crippen LogP contribution in [-0.2, 0) is 0 Å². The van der Waals surface area contributed by atoms with Crippen LogP contribution in [0.1, 0.15) is 40.5 Å². The molecule has 5 unspecified atom stereocenters. The van der Waals surface area contributed by atoms with Crippen molar-refractivity contribution in [3.8, 4) is 0 Å². The van der Waals surface area contributed by atoms with Gasteiger partial charge in [-0.05, 0) is 47.3 Å². The minimum atomic E-state index is 0.671. The van der Waals surface area contributed by atoms with Crippen LogP contribution in [0.25, 0.3) is 0 Å². The Kier molecular flexibility index (Phi) is 1.00. The molecule has 0 spiro atoms. The van der Waals surface area contributed by atoms with Crippen molar-refractivity contribution in [2.24, 2.45) is 34.5 Å². The predicted molar refractivity (Wildman–Crippen MR) is 50.8 cm³/mol. The fourth-order valence-corrected chi connectivity index (χ4v) is 5.00. The summed E-state index contributed by atoms with van der Waals surface area (Å²) in [5.74, 6) is 4.33. The third kappa shape index (κ3) is 0.561. The van der Waals surface area contributed by atoms with Crippen molar-refractivity contribution in [1.29, 1.82) is 0 Å². The van der Waals surface area contributed by atoms with Gasteiger partial charge in [0, 0.05) is 0 Å². The molecule has 3 saturated carbocycles. The first-order valence-corrected chi connectivity index (χ1v) is 5.47. The highest BCUT2D eigenvalue weighted by Gasteiger charge is 2.76. The predicted octanol–water partition coefficient (Wildman–Crippen LogP) is 3.32. The Balaban J connectivity index is 1.96. The van der Waals surface area contributed by atoms with Crippen molar-refractivity contribution in [3.05, 3.63) is 0 Å². The zero-order valence-corrected chi connectivity index (χ0v) is 8.72. The lowest BCUT2D eigenvalue weighted by Crippen LogP contribution is -2.40. The van der Waals surface area contributed by atoms with E-state index < -0.39 is 0 Å². The van der Waals surface area contributed by atoms with Gasteiger partial charge in [0.1, 0.15) is 0 Å². The summed E-state index contributed by atoms with van der Waals surface area (Å²) >= 11 is 0. The van der Waals surface area contributed by atoms with Gasteiger partial charge >= 0.3 is 0 Å². The molecule has 0 N–H and O–H groups in total. The van der Waals surface area contributed by atoms with Gasteiger partial charge in [-0.15, -0.1) is 0 Å². The first-order valence-electron chi connectivity index (χ1n) is 5.47. The normalized spacial score (nSPS) is 65.0. The summed E-state index contributed by atoms with van der Waals surface area (Å²) in [5.41, 5.74) is 1.49. The maximum Gasteiger partial charge on any atom is -0.0258 e. The summed E-state index contributed by atoms with van der Waals surface area (Å²) in [4.78, 5) is 0. The van der Waals surface area contributed by atoms with E-state index in [9.17, 15) is 0 Å². The second-order valence-corrected chi connectivity index (χ2v) is 6.54. The molecule has 3 rings (SSSR count). The molecule has 0 aromatic rings. The molecule has 0 aromatic carbocycles. The summed E-state index contributed by atoms with van der Waals surface area (Å²) in [6.07, 6.45) is 3.03. The third-order valence-electron chi connectivity index (χ3n) is 5.29. The summed E-state index contributed by atoms with van der Waals surface area (Å²) in [7, 11) is 0. The monoisotopic (exact) mass is 164 g/mol. The molecule has 0 heteroatoms. The van der Waals surface area contributed by atoms with Crippen LogP contribution >= 0.6 is 0 Å². The number of rotatable bonds is 0. The lowest BCUT2D eigenvalue weighted by Gasteiger charge is -2.44. The molecule has 0 aromatic heterocycles. The van der Waals surface area contributed by atoms with Gasteiger partial charge in [-0.3, -0.25) is 0 Å². The van der Waals surface area contributed by atoms with Crippen LogP contribution in [-0.4, -0.2) is 0 Å². The van der Waals surface area contributed by atoms with Gasteiger partial charge in [0.05, 0.1) is 0 Å². The highest BCUT2D eigenvalue weighted by atomic mass is 14.8. The molecule has 5 atom stereocenters. The van der Waals surface area contributed by atoms with Crippen LogP contribution < -0.4 is 0 Å². The Morgan fingerprint density at radius 3 is 2.25 bits per heavy atom. The summed E-state index contributed by atoms with van der Waals surface area (Å²) in [6, 6.07) is 0. The maximum absolute atomic E-state index is 2.52. The van der Waals surface area contributed by atoms with Crippen molar-refractivity contribution >= 4 is 0 Å². The van der Waals surface area contributed by atoms with Crippen LogP contribution in [0.15, 0.2) is 0 Å². The van der Waals surface area contributed by atoms with Gasteiger partial charge in [0.25, 0.3) is 0 Å². The molecule has 0 nitrogen and oxygen atoms in total. The molecule has 0 radical (unpaired) electrons. The van der Waals surface area contributed by atoms with Gasteiger partial charge in [-0.1, -0.05) is 27.7 Å². The maximum atomic E-state index is 2.52. The highest BCUT2D eigenvalue weighted by molar-refractivity contribution is 5.24. The molecule has 0 heterocycles. The molecule has 68 valence electrons. The van der Waals surface area contributed by atoms with Gasteiger partial charge < -0.3 is 0 Å². The topological polar surface area (TPSA) is 0 Å². The van der Waals surface area contributed by atoms with Crippen molar-refractivity contribution in [2.75, 3.05) is 0 Å². The minimum absolute atomic E-state index is 0.671. The number of fused-ring (bicyclic) bond motifs is 4. The van der Waals surface area contributed by atoms with E-state index in [4.69, 9.17) is 0 Å². The molecular formula is C12H20. The van der Waals surface area contributed by atoms with E-state index in [1.165, 1.54) is 6.42 Å². The van der Waals surface area contributed by atoms with Crippen LogP contribution in [0.3, 0.4) is 0 Å². The Bertz CT molecular complexity index is 240. The van der Waals surface area contributed by atoms with Crippen molar-refractivity contribution < 1.29 is 0 Å². The highest BCUT2D eigenvalue weighted by Crippen LogP contribution is 2.82. The van der Waals surface area contributed by atoms with Gasteiger partial charge in [0.15, 0.2) is 0 Å². The van der Waals surface area contributed by atoms with Crippen LogP contribution in [0.5, 0.6) is 0 Å². The molecular weight excluding hydrogens is 144 g/mol. The largest absolute Gasteiger partial charge is 0.0622 e. The van der Waals surface area contributed by atoms with Crippen LogP contribution in [0.2, 0.25) is 0 Å². The lowest BCUT2D eigenvalue weighted by molar-refractivity contribution is 0.0258. The molecule has 3 aliphatic carbocycles. The average molecular weight is 164 g/mol. The first-order chi connectivity index (χ1) is 5.47. The standard InChI is InChI=1S/C12H20/c1-7-5-11(2,3)10-8-6-12(8,4)9(7)10/h7-10H,5-6H2,1-4H3. The third-order valence-corrected chi connectivity index (χ3v) is 5.29. The fraction of sp³-hybridized carbons (Fsp3) is 1.00. The second-order valence-electron chi connectivity index (χ2n) is 6.54. The fourth-order valence-electron chi connectivity index (χ4n) is 5.00. The van der Waals surface area contributed by atoms with Gasteiger partial charge in [-0.2, -0.15) is 0 Å². The molecule has 12 heavy (non-hydrogen) atoms. The van der Waals surface area contributed by atoms with E-state index in [1.807, 2.05) is 0 Å². The first kappa shape index (κ1) is 7.41. The van der Waals surface area contributed by atoms with Gasteiger partial charge in [-0.25, -0.2) is 0 Å². The zero-order chi connectivity index (χ0) is 8.72. The van der Waals surface area contributed by atoms with E-state index in [0.29, 0.717) is 5.41 Å². The Labute approximate surface area is 75.7 Å². The van der Waals surface area contributed by atoms with E-state index >= 15 is 0 Å². The Morgan fingerprint density at radius 2 is 1.67 bits per heavy atom. The molecule has 0 bridgehead atoms. The van der Waals surface area contributed by atoms with E-state index in [2.05, 4.69) is 27.7 Å². The summed E-state index contributed by atoms with van der Waals surface area (Å²) < 4.78 is 0. The molecule has 0 saturated heterocycles. The number of hydrogen-bond acceptors (Lipinski definition) is 0. The van der Waals surface area contributed by atoms with E-state index in [-0.39, 0.29) is 0 Å². The van der Waals surface area contributed by atoms with Crippen molar-refractivity contribution in [3.63, 3.8) is 0 Å². The Morgan fingerprint density at radius 1 is 1.00 bits per heavy atom. The quantitative estimate of drug-likeness (QED) is 0.515. The lowest BCUT2D eigenvalue weighted by atomic mass is 9.60.